The van der Waals surface area contributed by atoms with Gasteiger partial charge in [0.1, 0.15) is 29.1 Å². The molecule has 0 spiro atoms. The Morgan fingerprint density at radius 3 is 2.97 bits per heavy atom. The third kappa shape index (κ3) is 3.32. The molecule has 31 heavy (non-hydrogen) atoms. The molecule has 2 atom stereocenters. The van der Waals surface area contributed by atoms with Crippen LogP contribution >= 0.6 is 0 Å². The predicted molar refractivity (Wildman–Crippen MR) is 113 cm³/mol. The van der Waals surface area contributed by atoms with Crippen LogP contribution in [0.15, 0.2) is 18.3 Å². The van der Waals surface area contributed by atoms with Gasteiger partial charge in [-0.1, -0.05) is 0 Å². The third-order valence-corrected chi connectivity index (χ3v) is 6.37. The fourth-order valence-electron chi connectivity index (χ4n) is 4.46. The van der Waals surface area contributed by atoms with Crippen molar-refractivity contribution in [2.45, 2.75) is 50.6 Å². The van der Waals surface area contributed by atoms with Gasteiger partial charge >= 0.3 is 0 Å². The highest BCUT2D eigenvalue weighted by molar-refractivity contribution is 5.66. The number of pyridine rings is 1. The molecule has 1 aliphatic carbocycles. The fourth-order valence-corrected chi connectivity index (χ4v) is 4.46. The minimum atomic E-state index is -0.907. The lowest BCUT2D eigenvalue weighted by Crippen LogP contribution is -2.46. The average molecular weight is 424 g/mol. The van der Waals surface area contributed by atoms with Crippen molar-refractivity contribution in [3.05, 3.63) is 35.2 Å². The number of alkyl halides is 1. The van der Waals surface area contributed by atoms with Gasteiger partial charge in [-0.2, -0.15) is 5.10 Å². The monoisotopic (exact) mass is 424 g/mol. The van der Waals surface area contributed by atoms with Crippen LogP contribution in [0.5, 0.6) is 5.75 Å². The van der Waals surface area contributed by atoms with Gasteiger partial charge in [-0.3, -0.25) is 0 Å². The Morgan fingerprint density at radius 1 is 1.26 bits per heavy atom. The molecule has 5 heterocycles. The highest BCUT2D eigenvalue weighted by Gasteiger charge is 2.31. The summed E-state index contributed by atoms with van der Waals surface area (Å²) in [7, 11) is 1.67. The Balaban J connectivity index is 1.43. The molecular weight excluding hydrogens is 399 g/mol. The van der Waals surface area contributed by atoms with Crippen molar-refractivity contribution in [2.24, 2.45) is 0 Å². The van der Waals surface area contributed by atoms with E-state index in [1.807, 2.05) is 16.6 Å². The SMILES string of the molecule is COc1cc2ncc(-c3cc4c(c(NC5CNCCC5F)n3)COC4)n2nc1C1CC1. The number of hydrogen-bond acceptors (Lipinski definition) is 7. The first-order chi connectivity index (χ1) is 15.2. The lowest BCUT2D eigenvalue weighted by atomic mass is 10.0. The zero-order valence-electron chi connectivity index (χ0n) is 17.4. The summed E-state index contributed by atoms with van der Waals surface area (Å²) in [5, 5.41) is 11.5. The molecule has 162 valence electrons. The number of hydrogen-bond donors (Lipinski definition) is 2. The molecule has 2 aliphatic heterocycles. The molecule has 2 N–H and O–H groups in total. The third-order valence-electron chi connectivity index (χ3n) is 6.37. The Kier molecular flexibility index (Phi) is 4.53. The van der Waals surface area contributed by atoms with Crippen LogP contribution in [0.2, 0.25) is 0 Å². The van der Waals surface area contributed by atoms with Crippen molar-refractivity contribution >= 4 is 11.5 Å². The maximum Gasteiger partial charge on any atom is 0.157 e. The predicted octanol–water partition coefficient (Wildman–Crippen LogP) is 2.82. The molecule has 0 bridgehead atoms. The maximum atomic E-state index is 14.5. The molecular formula is C22H25FN6O2. The van der Waals surface area contributed by atoms with Gasteiger partial charge in [0.25, 0.3) is 0 Å². The van der Waals surface area contributed by atoms with Gasteiger partial charge < -0.3 is 20.1 Å². The normalized spacial score (nSPS) is 23.2. The number of piperidine rings is 1. The van der Waals surface area contributed by atoms with E-state index in [0.717, 1.165) is 46.8 Å². The Bertz CT molecular complexity index is 1140. The van der Waals surface area contributed by atoms with Crippen molar-refractivity contribution in [3.63, 3.8) is 0 Å². The molecule has 0 aromatic carbocycles. The summed E-state index contributed by atoms with van der Waals surface area (Å²) in [5.74, 6) is 1.91. The topological polar surface area (TPSA) is 85.6 Å². The molecule has 1 saturated carbocycles. The molecule has 8 nitrogen and oxygen atoms in total. The maximum absolute atomic E-state index is 14.5. The second kappa shape index (κ2) is 7.42. The highest BCUT2D eigenvalue weighted by Crippen LogP contribution is 2.43. The molecule has 3 aliphatic rings. The van der Waals surface area contributed by atoms with Crippen LogP contribution in [-0.2, 0) is 18.0 Å². The van der Waals surface area contributed by atoms with Crippen LogP contribution in [0.3, 0.4) is 0 Å². The number of nitrogens with one attached hydrogen (secondary N) is 2. The van der Waals surface area contributed by atoms with Gasteiger partial charge in [0, 0.05) is 24.1 Å². The van der Waals surface area contributed by atoms with E-state index in [4.69, 9.17) is 19.6 Å². The fraction of sp³-hybridized carbons (Fsp3) is 0.500. The summed E-state index contributed by atoms with van der Waals surface area (Å²) in [5.41, 5.74) is 5.30. The Labute approximate surface area is 179 Å². The second-order valence-electron chi connectivity index (χ2n) is 8.53. The van der Waals surface area contributed by atoms with E-state index in [9.17, 15) is 4.39 Å². The lowest BCUT2D eigenvalue weighted by molar-refractivity contribution is 0.134. The van der Waals surface area contributed by atoms with Gasteiger partial charge in [-0.05, 0) is 37.4 Å². The van der Waals surface area contributed by atoms with Crippen LogP contribution in [0, 0.1) is 0 Å². The number of ether oxygens (including phenoxy) is 2. The first-order valence-corrected chi connectivity index (χ1v) is 10.9. The van der Waals surface area contributed by atoms with Gasteiger partial charge in [-0.15, -0.1) is 0 Å². The van der Waals surface area contributed by atoms with E-state index >= 15 is 0 Å². The minimum absolute atomic E-state index is 0.313. The van der Waals surface area contributed by atoms with Gasteiger partial charge in [0.15, 0.2) is 5.65 Å². The first kappa shape index (κ1) is 18.9. The van der Waals surface area contributed by atoms with E-state index in [1.54, 1.807) is 13.3 Å². The van der Waals surface area contributed by atoms with E-state index < -0.39 is 6.17 Å². The van der Waals surface area contributed by atoms with Crippen molar-refractivity contribution in [3.8, 4) is 17.1 Å². The number of nitrogens with zero attached hydrogens (tertiary/aromatic N) is 4. The van der Waals surface area contributed by atoms with E-state index in [0.29, 0.717) is 50.1 Å². The zero-order chi connectivity index (χ0) is 20.9. The number of halogens is 1. The van der Waals surface area contributed by atoms with Crippen molar-refractivity contribution in [1.29, 1.82) is 0 Å². The lowest BCUT2D eigenvalue weighted by Gasteiger charge is -2.28. The molecule has 3 aromatic rings. The summed E-state index contributed by atoms with van der Waals surface area (Å²) in [6.07, 6.45) is 3.63. The Hall–Kier alpha value is -2.78. The molecule has 0 radical (unpaired) electrons. The first-order valence-electron chi connectivity index (χ1n) is 10.9. The van der Waals surface area contributed by atoms with Crippen LogP contribution in [0.4, 0.5) is 10.2 Å². The number of rotatable bonds is 5. The summed E-state index contributed by atoms with van der Waals surface area (Å²) in [4.78, 5) is 9.41. The van der Waals surface area contributed by atoms with E-state index in [-0.39, 0.29) is 6.04 Å². The molecule has 9 heteroatoms. The average Bonchev–Trinajstić information content (AvgIpc) is 3.37. The molecule has 6 rings (SSSR count). The number of methoxy groups -OCH3 is 1. The van der Waals surface area contributed by atoms with Crippen LogP contribution in [0.1, 0.15) is 42.0 Å². The smallest absolute Gasteiger partial charge is 0.157 e. The standard InChI is InChI=1S/C22H25FN6O2/c1-30-19-7-20-25-9-18(29(20)28-21(19)12-2-3-12)16-6-13-10-31-11-14(13)22(26-16)27-17-8-24-5-4-15(17)23/h6-7,9,12,15,17,24H,2-5,8,10-11H2,1H3,(H,26,27). The summed E-state index contributed by atoms with van der Waals surface area (Å²) < 4.78 is 27.5. The molecule has 3 aromatic heterocycles. The van der Waals surface area contributed by atoms with Crippen molar-refractivity contribution in [2.75, 3.05) is 25.5 Å². The van der Waals surface area contributed by atoms with Crippen molar-refractivity contribution < 1.29 is 13.9 Å². The molecule has 1 saturated heterocycles. The summed E-state index contributed by atoms with van der Waals surface area (Å²) in [6.45, 7) is 2.28. The summed E-state index contributed by atoms with van der Waals surface area (Å²) >= 11 is 0. The van der Waals surface area contributed by atoms with Gasteiger partial charge in [0.2, 0.25) is 0 Å². The molecule has 2 fully saturated rings. The molecule has 2 unspecified atom stereocenters. The zero-order valence-corrected chi connectivity index (χ0v) is 17.4. The largest absolute Gasteiger partial charge is 0.495 e. The number of aromatic nitrogens is 4. The number of imidazole rings is 1. The number of fused-ring (bicyclic) bond motifs is 2. The van der Waals surface area contributed by atoms with Crippen molar-refractivity contribution in [1.82, 2.24) is 24.9 Å². The second-order valence-corrected chi connectivity index (χ2v) is 8.53. The van der Waals surface area contributed by atoms with Gasteiger partial charge in [0.05, 0.1) is 38.3 Å². The quantitative estimate of drug-likeness (QED) is 0.651. The Morgan fingerprint density at radius 2 is 2.16 bits per heavy atom. The highest BCUT2D eigenvalue weighted by atomic mass is 19.1. The van der Waals surface area contributed by atoms with Crippen LogP contribution in [-0.4, -0.2) is 52.0 Å². The molecule has 0 amide bonds. The van der Waals surface area contributed by atoms with E-state index in [1.165, 1.54) is 0 Å². The van der Waals surface area contributed by atoms with Gasteiger partial charge in [-0.25, -0.2) is 18.9 Å². The van der Waals surface area contributed by atoms with Crippen LogP contribution < -0.4 is 15.4 Å². The van der Waals surface area contributed by atoms with E-state index in [2.05, 4.69) is 15.6 Å². The van der Waals surface area contributed by atoms with Crippen LogP contribution in [0.25, 0.3) is 17.0 Å². The minimum Gasteiger partial charge on any atom is -0.495 e. The number of anilines is 1. The summed E-state index contributed by atoms with van der Waals surface area (Å²) in [6, 6.07) is 3.65.